The number of benzene rings is 2. The second-order valence-corrected chi connectivity index (χ2v) is 5.55. The Balaban J connectivity index is 2.15. The molecule has 0 atom stereocenters. The van der Waals surface area contributed by atoms with E-state index in [-0.39, 0.29) is 11.8 Å². The maximum Gasteiger partial charge on any atom is 0.261 e. The van der Waals surface area contributed by atoms with E-state index < -0.39 is 0 Å². The van der Waals surface area contributed by atoms with Gasteiger partial charge < -0.3 is 4.74 Å². The van der Waals surface area contributed by atoms with Crippen molar-refractivity contribution in [2.24, 2.45) is 0 Å². The summed E-state index contributed by atoms with van der Waals surface area (Å²) in [6, 6.07) is 9.02. The van der Waals surface area contributed by atoms with Gasteiger partial charge in [0.15, 0.2) is 0 Å². The standard InChI is InChI=1S/C19H19NO3/c1-3-5-11-20-18(21)14-8-6-7-13-16(23-12-4-2)10-9-15(17(13)14)19(20)22/h4,6-10H,2-3,5,11-12H2,1H3. The number of unbranched alkanes of at least 4 members (excludes halogenated alkanes) is 1. The SMILES string of the molecule is C=CCOc1ccc2c3c(cccc13)C(=O)N(CCCC)C2=O. The van der Waals surface area contributed by atoms with Crippen molar-refractivity contribution in [2.45, 2.75) is 19.8 Å². The highest BCUT2D eigenvalue weighted by Crippen LogP contribution is 2.35. The molecule has 2 aromatic rings. The minimum Gasteiger partial charge on any atom is -0.489 e. The van der Waals surface area contributed by atoms with Crippen LogP contribution in [0.3, 0.4) is 0 Å². The van der Waals surface area contributed by atoms with Gasteiger partial charge in [-0.2, -0.15) is 0 Å². The summed E-state index contributed by atoms with van der Waals surface area (Å²) in [5.74, 6) is 0.220. The summed E-state index contributed by atoms with van der Waals surface area (Å²) in [5, 5.41) is 1.48. The van der Waals surface area contributed by atoms with E-state index in [0.29, 0.717) is 35.4 Å². The average molecular weight is 309 g/mol. The van der Waals surface area contributed by atoms with E-state index in [1.807, 2.05) is 19.1 Å². The normalized spacial score (nSPS) is 13.5. The van der Waals surface area contributed by atoms with E-state index in [9.17, 15) is 9.59 Å². The molecule has 1 aliphatic heterocycles. The van der Waals surface area contributed by atoms with E-state index >= 15 is 0 Å². The number of amides is 2. The van der Waals surface area contributed by atoms with Crippen molar-refractivity contribution < 1.29 is 14.3 Å². The summed E-state index contributed by atoms with van der Waals surface area (Å²) in [6.45, 7) is 6.51. The Kier molecular flexibility index (Phi) is 4.15. The minimum absolute atomic E-state index is 0.220. The summed E-state index contributed by atoms with van der Waals surface area (Å²) < 4.78 is 5.65. The Labute approximate surface area is 135 Å². The largest absolute Gasteiger partial charge is 0.489 e. The zero-order valence-corrected chi connectivity index (χ0v) is 13.2. The van der Waals surface area contributed by atoms with Gasteiger partial charge in [-0.25, -0.2) is 0 Å². The minimum atomic E-state index is -0.220. The van der Waals surface area contributed by atoms with Crippen LogP contribution in [0.2, 0.25) is 0 Å². The van der Waals surface area contributed by atoms with Gasteiger partial charge >= 0.3 is 0 Å². The van der Waals surface area contributed by atoms with E-state index in [1.54, 1.807) is 24.3 Å². The molecule has 0 N–H and O–H groups in total. The van der Waals surface area contributed by atoms with Crippen molar-refractivity contribution in [3.8, 4) is 5.75 Å². The molecule has 4 nitrogen and oxygen atoms in total. The molecule has 1 aliphatic rings. The highest BCUT2D eigenvalue weighted by Gasteiger charge is 2.32. The average Bonchev–Trinajstić information content (AvgIpc) is 2.58. The molecule has 0 spiro atoms. The molecule has 23 heavy (non-hydrogen) atoms. The maximum atomic E-state index is 12.7. The molecule has 0 saturated heterocycles. The van der Waals surface area contributed by atoms with E-state index in [2.05, 4.69) is 6.58 Å². The molecule has 0 bridgehead atoms. The molecule has 0 fully saturated rings. The van der Waals surface area contributed by atoms with E-state index in [1.165, 1.54) is 4.90 Å². The van der Waals surface area contributed by atoms with Crippen LogP contribution in [0.5, 0.6) is 5.75 Å². The third kappa shape index (κ3) is 2.50. The Morgan fingerprint density at radius 2 is 1.87 bits per heavy atom. The predicted octanol–water partition coefficient (Wildman–Crippen LogP) is 3.80. The smallest absolute Gasteiger partial charge is 0.261 e. The summed E-state index contributed by atoms with van der Waals surface area (Å²) in [7, 11) is 0. The first-order valence-corrected chi connectivity index (χ1v) is 7.84. The van der Waals surface area contributed by atoms with Crippen molar-refractivity contribution in [1.82, 2.24) is 4.90 Å². The molecule has 1 heterocycles. The lowest BCUT2D eigenvalue weighted by molar-refractivity contribution is 0.0608. The topological polar surface area (TPSA) is 46.6 Å². The third-order valence-corrected chi connectivity index (χ3v) is 4.04. The number of ether oxygens (including phenoxy) is 1. The molecule has 0 aromatic heterocycles. The van der Waals surface area contributed by atoms with Crippen LogP contribution >= 0.6 is 0 Å². The van der Waals surface area contributed by atoms with Gasteiger partial charge in [0.2, 0.25) is 0 Å². The van der Waals surface area contributed by atoms with Gasteiger partial charge in [-0.3, -0.25) is 14.5 Å². The van der Waals surface area contributed by atoms with Crippen LogP contribution in [-0.2, 0) is 0 Å². The predicted molar refractivity (Wildman–Crippen MR) is 89.9 cm³/mol. The number of hydrogen-bond donors (Lipinski definition) is 0. The van der Waals surface area contributed by atoms with Crippen LogP contribution in [0.15, 0.2) is 43.0 Å². The van der Waals surface area contributed by atoms with Gasteiger partial charge in [0.05, 0.1) is 0 Å². The van der Waals surface area contributed by atoms with Gasteiger partial charge in [-0.1, -0.05) is 38.1 Å². The summed E-state index contributed by atoms with van der Waals surface area (Å²) in [4.78, 5) is 26.7. The Morgan fingerprint density at radius 3 is 2.57 bits per heavy atom. The first kappa shape index (κ1) is 15.3. The maximum absolute atomic E-state index is 12.7. The van der Waals surface area contributed by atoms with Crippen molar-refractivity contribution in [1.29, 1.82) is 0 Å². The Hall–Kier alpha value is -2.62. The molecule has 0 unspecified atom stereocenters. The Bertz CT molecular complexity index is 772. The molecule has 3 rings (SSSR count). The number of nitrogens with zero attached hydrogens (tertiary/aromatic N) is 1. The molecule has 118 valence electrons. The van der Waals surface area contributed by atoms with Gasteiger partial charge in [0, 0.05) is 28.4 Å². The number of carbonyl (C=O) groups excluding carboxylic acids is 2. The van der Waals surface area contributed by atoms with Crippen LogP contribution < -0.4 is 4.74 Å². The highest BCUT2D eigenvalue weighted by molar-refractivity contribution is 6.26. The van der Waals surface area contributed by atoms with Gasteiger partial charge in [-0.15, -0.1) is 0 Å². The van der Waals surface area contributed by atoms with Crippen molar-refractivity contribution in [3.05, 3.63) is 54.1 Å². The van der Waals surface area contributed by atoms with Crippen LogP contribution in [0.1, 0.15) is 40.5 Å². The van der Waals surface area contributed by atoms with Crippen molar-refractivity contribution in [3.63, 3.8) is 0 Å². The molecular weight excluding hydrogens is 290 g/mol. The van der Waals surface area contributed by atoms with Crippen LogP contribution in [-0.4, -0.2) is 29.9 Å². The summed E-state index contributed by atoms with van der Waals surface area (Å²) in [5.41, 5.74) is 1.13. The fourth-order valence-electron chi connectivity index (χ4n) is 2.91. The van der Waals surface area contributed by atoms with Crippen LogP contribution in [0, 0.1) is 0 Å². The fourth-order valence-corrected chi connectivity index (χ4v) is 2.91. The van der Waals surface area contributed by atoms with Crippen LogP contribution in [0.25, 0.3) is 10.8 Å². The number of imide groups is 1. The Morgan fingerprint density at radius 1 is 1.13 bits per heavy atom. The van der Waals surface area contributed by atoms with E-state index in [0.717, 1.165) is 18.2 Å². The van der Waals surface area contributed by atoms with Crippen LogP contribution in [0.4, 0.5) is 0 Å². The lowest BCUT2D eigenvalue weighted by Crippen LogP contribution is -2.40. The number of rotatable bonds is 6. The quantitative estimate of drug-likeness (QED) is 0.602. The van der Waals surface area contributed by atoms with Gasteiger partial charge in [-0.05, 0) is 24.6 Å². The molecule has 2 aromatic carbocycles. The number of hydrogen-bond acceptors (Lipinski definition) is 3. The number of carbonyl (C=O) groups is 2. The monoisotopic (exact) mass is 309 g/mol. The van der Waals surface area contributed by atoms with Crippen molar-refractivity contribution >= 4 is 22.6 Å². The lowest BCUT2D eigenvalue weighted by Gasteiger charge is -2.27. The molecule has 2 amide bonds. The first-order valence-electron chi connectivity index (χ1n) is 7.84. The van der Waals surface area contributed by atoms with E-state index in [4.69, 9.17) is 4.74 Å². The summed E-state index contributed by atoms with van der Waals surface area (Å²) in [6.07, 6.45) is 3.41. The second kappa shape index (κ2) is 6.24. The second-order valence-electron chi connectivity index (χ2n) is 5.55. The zero-order valence-electron chi connectivity index (χ0n) is 13.2. The van der Waals surface area contributed by atoms with Gasteiger partial charge in [0.25, 0.3) is 11.8 Å². The molecule has 0 aliphatic carbocycles. The molecule has 0 saturated carbocycles. The summed E-state index contributed by atoms with van der Waals surface area (Å²) >= 11 is 0. The highest BCUT2D eigenvalue weighted by atomic mass is 16.5. The molecular formula is C19H19NO3. The fraction of sp³-hybridized carbons (Fsp3) is 0.263. The first-order chi connectivity index (χ1) is 11.2. The lowest BCUT2D eigenvalue weighted by atomic mass is 9.93. The zero-order chi connectivity index (χ0) is 16.4. The van der Waals surface area contributed by atoms with Gasteiger partial charge in [0.1, 0.15) is 12.4 Å². The molecule has 0 radical (unpaired) electrons. The molecule has 4 heteroatoms. The third-order valence-electron chi connectivity index (χ3n) is 4.04. The van der Waals surface area contributed by atoms with Crippen molar-refractivity contribution in [2.75, 3.05) is 13.2 Å².